The number of rotatable bonds is 5. The van der Waals surface area contributed by atoms with Gasteiger partial charge in [-0.15, -0.1) is 0 Å². The van der Waals surface area contributed by atoms with Crippen molar-refractivity contribution in [1.29, 1.82) is 0 Å². The van der Waals surface area contributed by atoms with E-state index in [1.165, 1.54) is 0 Å². The number of methoxy groups -OCH3 is 1. The van der Waals surface area contributed by atoms with Gasteiger partial charge in [0, 0.05) is 31.0 Å². The zero-order chi connectivity index (χ0) is 12.8. The molecule has 1 N–H and O–H groups in total. The molecule has 1 aromatic carbocycles. The molecule has 18 heavy (non-hydrogen) atoms. The Kier molecular flexibility index (Phi) is 4.73. The predicted octanol–water partition coefficient (Wildman–Crippen LogP) is 1.19. The van der Waals surface area contributed by atoms with Crippen molar-refractivity contribution in [2.45, 2.75) is 18.9 Å². The summed E-state index contributed by atoms with van der Waals surface area (Å²) < 4.78 is 10.6. The molecule has 1 unspecified atom stereocenters. The number of Topliss-reactive ketones (excluding diaryl/α,β-unsaturated/α-hetero) is 1. The molecule has 4 heteroatoms. The predicted molar refractivity (Wildman–Crippen MR) is 68.9 cm³/mol. The van der Waals surface area contributed by atoms with Gasteiger partial charge in [0.2, 0.25) is 0 Å². The summed E-state index contributed by atoms with van der Waals surface area (Å²) in [6.45, 7) is 2.18. The minimum Gasteiger partial charge on any atom is -0.496 e. The zero-order valence-corrected chi connectivity index (χ0v) is 10.6. The van der Waals surface area contributed by atoms with Gasteiger partial charge in [-0.1, -0.05) is 18.2 Å². The van der Waals surface area contributed by atoms with E-state index in [2.05, 4.69) is 5.32 Å². The molecule has 1 aliphatic heterocycles. The van der Waals surface area contributed by atoms with E-state index in [4.69, 9.17) is 9.47 Å². The summed E-state index contributed by atoms with van der Waals surface area (Å²) >= 11 is 0. The van der Waals surface area contributed by atoms with Gasteiger partial charge in [-0.05, 0) is 6.07 Å². The second kappa shape index (κ2) is 6.52. The Morgan fingerprint density at radius 1 is 1.50 bits per heavy atom. The van der Waals surface area contributed by atoms with Gasteiger partial charge < -0.3 is 14.8 Å². The fraction of sp³-hybridized carbons (Fsp3) is 0.500. The summed E-state index contributed by atoms with van der Waals surface area (Å²) in [5.74, 6) is 0.987. The fourth-order valence-electron chi connectivity index (χ4n) is 2.16. The van der Waals surface area contributed by atoms with Crippen molar-refractivity contribution >= 4 is 5.78 Å². The standard InChI is InChI=1S/C14H19NO3/c1-17-14-5-3-2-4-11(14)8-13(16)9-12-10-18-7-6-15-12/h2-5,12,15H,6-10H2,1H3. The Labute approximate surface area is 107 Å². The van der Waals surface area contributed by atoms with E-state index < -0.39 is 0 Å². The number of ether oxygens (including phenoxy) is 2. The van der Waals surface area contributed by atoms with Gasteiger partial charge in [-0.2, -0.15) is 0 Å². The molecular weight excluding hydrogens is 230 g/mol. The first-order chi connectivity index (χ1) is 8.79. The van der Waals surface area contributed by atoms with Crippen LogP contribution in [0.15, 0.2) is 24.3 Å². The molecule has 0 amide bonds. The number of benzene rings is 1. The average Bonchev–Trinajstić information content (AvgIpc) is 2.40. The van der Waals surface area contributed by atoms with Crippen LogP contribution in [-0.2, 0) is 16.0 Å². The Morgan fingerprint density at radius 2 is 2.33 bits per heavy atom. The lowest BCUT2D eigenvalue weighted by Crippen LogP contribution is -2.42. The molecule has 4 nitrogen and oxygen atoms in total. The van der Waals surface area contributed by atoms with Gasteiger partial charge >= 0.3 is 0 Å². The quantitative estimate of drug-likeness (QED) is 0.851. The number of ketones is 1. The van der Waals surface area contributed by atoms with E-state index in [0.717, 1.165) is 24.5 Å². The first-order valence-corrected chi connectivity index (χ1v) is 6.24. The van der Waals surface area contributed by atoms with Crippen molar-refractivity contribution in [1.82, 2.24) is 5.32 Å². The van der Waals surface area contributed by atoms with Crippen LogP contribution in [-0.4, -0.2) is 38.7 Å². The molecule has 1 saturated heterocycles. The summed E-state index contributed by atoms with van der Waals surface area (Å²) in [6.07, 6.45) is 0.931. The topological polar surface area (TPSA) is 47.6 Å². The Bertz CT molecular complexity index is 400. The highest BCUT2D eigenvalue weighted by molar-refractivity contribution is 5.82. The SMILES string of the molecule is COc1ccccc1CC(=O)CC1COCCN1. The summed E-state index contributed by atoms with van der Waals surface area (Å²) in [7, 11) is 1.62. The normalized spacial score (nSPS) is 19.5. The Hall–Kier alpha value is -1.39. The lowest BCUT2D eigenvalue weighted by atomic mass is 10.0. The van der Waals surface area contributed by atoms with Crippen molar-refractivity contribution in [2.75, 3.05) is 26.9 Å². The lowest BCUT2D eigenvalue weighted by molar-refractivity contribution is -0.119. The molecule has 0 saturated carbocycles. The van der Waals surface area contributed by atoms with Crippen LogP contribution in [0.5, 0.6) is 5.75 Å². The molecule has 98 valence electrons. The third kappa shape index (κ3) is 3.55. The van der Waals surface area contributed by atoms with Gasteiger partial charge in [-0.3, -0.25) is 4.79 Å². The number of hydrogen-bond acceptors (Lipinski definition) is 4. The van der Waals surface area contributed by atoms with E-state index in [1.807, 2.05) is 24.3 Å². The van der Waals surface area contributed by atoms with Gasteiger partial charge in [0.15, 0.2) is 0 Å². The second-order valence-electron chi connectivity index (χ2n) is 4.46. The zero-order valence-electron chi connectivity index (χ0n) is 10.6. The number of carbonyl (C=O) groups excluding carboxylic acids is 1. The highest BCUT2D eigenvalue weighted by Gasteiger charge is 2.17. The molecule has 0 aliphatic carbocycles. The van der Waals surface area contributed by atoms with Crippen LogP contribution in [0, 0.1) is 0 Å². The van der Waals surface area contributed by atoms with Crippen LogP contribution < -0.4 is 10.1 Å². The van der Waals surface area contributed by atoms with Crippen molar-refractivity contribution in [2.24, 2.45) is 0 Å². The maximum atomic E-state index is 12.0. The largest absolute Gasteiger partial charge is 0.496 e. The van der Waals surface area contributed by atoms with Crippen LogP contribution in [0.1, 0.15) is 12.0 Å². The minimum absolute atomic E-state index is 0.154. The molecular formula is C14H19NO3. The third-order valence-electron chi connectivity index (χ3n) is 3.05. The smallest absolute Gasteiger partial charge is 0.139 e. The highest BCUT2D eigenvalue weighted by atomic mass is 16.5. The molecule has 0 aromatic heterocycles. The average molecular weight is 249 g/mol. The molecule has 1 heterocycles. The number of carbonyl (C=O) groups is 1. The van der Waals surface area contributed by atoms with Crippen LogP contribution in [0.3, 0.4) is 0 Å². The molecule has 1 atom stereocenters. The van der Waals surface area contributed by atoms with Crippen LogP contribution in [0.2, 0.25) is 0 Å². The van der Waals surface area contributed by atoms with Crippen molar-refractivity contribution in [3.8, 4) is 5.75 Å². The van der Waals surface area contributed by atoms with Gasteiger partial charge in [0.1, 0.15) is 11.5 Å². The molecule has 0 bridgehead atoms. The molecule has 1 aliphatic rings. The molecule has 2 rings (SSSR count). The van der Waals surface area contributed by atoms with E-state index >= 15 is 0 Å². The summed E-state index contributed by atoms with van der Waals surface area (Å²) in [5, 5.41) is 3.29. The number of hydrogen-bond donors (Lipinski definition) is 1. The van der Waals surface area contributed by atoms with Crippen LogP contribution >= 0.6 is 0 Å². The first kappa shape index (κ1) is 13.1. The van der Waals surface area contributed by atoms with Crippen molar-refractivity contribution in [3.63, 3.8) is 0 Å². The van der Waals surface area contributed by atoms with Crippen molar-refractivity contribution in [3.05, 3.63) is 29.8 Å². The van der Waals surface area contributed by atoms with E-state index in [9.17, 15) is 4.79 Å². The fourth-order valence-corrected chi connectivity index (χ4v) is 2.16. The molecule has 0 radical (unpaired) electrons. The van der Waals surface area contributed by atoms with E-state index in [0.29, 0.717) is 19.4 Å². The summed E-state index contributed by atoms with van der Waals surface area (Å²) in [6, 6.07) is 7.80. The molecule has 0 spiro atoms. The minimum atomic E-state index is 0.154. The maximum Gasteiger partial charge on any atom is 0.139 e. The third-order valence-corrected chi connectivity index (χ3v) is 3.05. The molecule has 1 fully saturated rings. The highest BCUT2D eigenvalue weighted by Crippen LogP contribution is 2.18. The first-order valence-electron chi connectivity index (χ1n) is 6.24. The summed E-state index contributed by atoms with van der Waals surface area (Å²) in [4.78, 5) is 12.0. The second-order valence-corrected chi connectivity index (χ2v) is 4.46. The Morgan fingerprint density at radius 3 is 3.06 bits per heavy atom. The summed E-state index contributed by atoms with van der Waals surface area (Å²) in [5.41, 5.74) is 0.946. The monoisotopic (exact) mass is 249 g/mol. The van der Waals surface area contributed by atoms with E-state index in [1.54, 1.807) is 7.11 Å². The maximum absolute atomic E-state index is 12.0. The van der Waals surface area contributed by atoms with Gasteiger partial charge in [0.05, 0.1) is 20.3 Å². The molecule has 1 aromatic rings. The van der Waals surface area contributed by atoms with Gasteiger partial charge in [0.25, 0.3) is 0 Å². The van der Waals surface area contributed by atoms with E-state index in [-0.39, 0.29) is 11.8 Å². The number of morpholine rings is 1. The van der Waals surface area contributed by atoms with Gasteiger partial charge in [-0.25, -0.2) is 0 Å². The lowest BCUT2D eigenvalue weighted by Gasteiger charge is -2.23. The van der Waals surface area contributed by atoms with Crippen LogP contribution in [0.25, 0.3) is 0 Å². The van der Waals surface area contributed by atoms with Crippen molar-refractivity contribution < 1.29 is 14.3 Å². The number of nitrogens with one attached hydrogen (secondary N) is 1. The Balaban J connectivity index is 1.90. The number of para-hydroxylation sites is 1. The van der Waals surface area contributed by atoms with Crippen LogP contribution in [0.4, 0.5) is 0 Å².